The number of rotatable bonds is 5. The highest BCUT2D eigenvalue weighted by Gasteiger charge is 2.20. The monoisotopic (exact) mass is 502 g/mol. The molecule has 38 heavy (non-hydrogen) atoms. The van der Waals surface area contributed by atoms with E-state index in [0.717, 1.165) is 46.7 Å². The average Bonchev–Trinajstić information content (AvgIpc) is 3.60. The summed E-state index contributed by atoms with van der Waals surface area (Å²) >= 11 is 0. The zero-order valence-corrected chi connectivity index (χ0v) is 21.0. The summed E-state index contributed by atoms with van der Waals surface area (Å²) in [5, 5.41) is 18.8. The van der Waals surface area contributed by atoms with Crippen molar-refractivity contribution in [1.29, 1.82) is 5.26 Å². The van der Waals surface area contributed by atoms with Crippen LogP contribution in [0.15, 0.2) is 79.5 Å². The van der Waals surface area contributed by atoms with Gasteiger partial charge in [-0.25, -0.2) is 9.50 Å². The molecule has 0 saturated carbocycles. The zero-order valence-electron chi connectivity index (χ0n) is 21.0. The standard InChI is InChI=1S/C29H26N8O/c1-21(38)34-9-11-35(12-10-34)28-8-7-23(15-31-28)27-13-24(20-37-29(27)25(14-30)16-33-37)26-17-32-36(19-26)18-22-5-3-2-4-6-22/h2-8,13,15-17,19-20H,9-12,18H2,1H3. The first-order chi connectivity index (χ1) is 18.6. The van der Waals surface area contributed by atoms with Gasteiger partial charge >= 0.3 is 0 Å². The first-order valence-corrected chi connectivity index (χ1v) is 12.5. The minimum Gasteiger partial charge on any atom is -0.353 e. The van der Waals surface area contributed by atoms with E-state index in [1.54, 1.807) is 17.6 Å². The van der Waals surface area contributed by atoms with Crippen LogP contribution >= 0.6 is 0 Å². The van der Waals surface area contributed by atoms with Crippen LogP contribution < -0.4 is 4.90 Å². The molecule has 0 N–H and O–H groups in total. The van der Waals surface area contributed by atoms with E-state index in [2.05, 4.69) is 39.4 Å². The van der Waals surface area contributed by atoms with Crippen LogP contribution in [0.2, 0.25) is 0 Å². The number of benzene rings is 1. The Balaban J connectivity index is 1.32. The van der Waals surface area contributed by atoms with Crippen molar-refractivity contribution >= 4 is 17.2 Å². The van der Waals surface area contributed by atoms with Crippen molar-refractivity contribution in [2.24, 2.45) is 0 Å². The molecule has 1 aliphatic heterocycles. The van der Waals surface area contributed by atoms with Gasteiger partial charge in [-0.15, -0.1) is 0 Å². The molecule has 1 aliphatic rings. The van der Waals surface area contributed by atoms with Gasteiger partial charge in [0.25, 0.3) is 0 Å². The van der Waals surface area contributed by atoms with E-state index < -0.39 is 0 Å². The molecule has 1 aromatic carbocycles. The van der Waals surface area contributed by atoms with Gasteiger partial charge in [0.1, 0.15) is 11.9 Å². The molecule has 6 rings (SSSR count). The Morgan fingerprint density at radius 2 is 1.74 bits per heavy atom. The van der Waals surface area contributed by atoms with Crippen LogP contribution in [-0.2, 0) is 11.3 Å². The second kappa shape index (κ2) is 9.82. The van der Waals surface area contributed by atoms with Gasteiger partial charge in [0.2, 0.25) is 5.91 Å². The third-order valence-electron chi connectivity index (χ3n) is 6.99. The summed E-state index contributed by atoms with van der Waals surface area (Å²) in [6.45, 7) is 5.18. The van der Waals surface area contributed by atoms with Crippen LogP contribution in [0.4, 0.5) is 5.82 Å². The van der Waals surface area contributed by atoms with Gasteiger partial charge in [-0.2, -0.15) is 15.5 Å². The normalized spacial score (nSPS) is 13.6. The Morgan fingerprint density at radius 1 is 0.921 bits per heavy atom. The molecule has 0 unspecified atom stereocenters. The first-order valence-electron chi connectivity index (χ1n) is 12.5. The lowest BCUT2D eigenvalue weighted by Gasteiger charge is -2.34. The van der Waals surface area contributed by atoms with Crippen molar-refractivity contribution < 1.29 is 4.79 Å². The molecular formula is C29H26N8O. The summed E-state index contributed by atoms with van der Waals surface area (Å²) in [7, 11) is 0. The van der Waals surface area contributed by atoms with Crippen LogP contribution in [0.5, 0.6) is 0 Å². The van der Waals surface area contributed by atoms with E-state index >= 15 is 0 Å². The second-order valence-corrected chi connectivity index (χ2v) is 9.42. The maximum atomic E-state index is 11.7. The van der Waals surface area contributed by atoms with Gasteiger partial charge in [0.15, 0.2) is 0 Å². The minimum atomic E-state index is 0.108. The van der Waals surface area contributed by atoms with Gasteiger partial charge in [-0.05, 0) is 23.8 Å². The van der Waals surface area contributed by atoms with E-state index in [1.165, 1.54) is 5.56 Å². The molecule has 9 nitrogen and oxygen atoms in total. The fraction of sp³-hybridized carbons (Fsp3) is 0.207. The Morgan fingerprint density at radius 3 is 2.45 bits per heavy atom. The van der Waals surface area contributed by atoms with E-state index in [9.17, 15) is 10.1 Å². The summed E-state index contributed by atoms with van der Waals surface area (Å²) in [6, 6.07) is 18.6. The number of fused-ring (bicyclic) bond motifs is 1. The summed E-state index contributed by atoms with van der Waals surface area (Å²) in [6.07, 6.45) is 9.25. The van der Waals surface area contributed by atoms with Crippen molar-refractivity contribution in [2.45, 2.75) is 13.5 Å². The van der Waals surface area contributed by atoms with Crippen LogP contribution in [0.3, 0.4) is 0 Å². The van der Waals surface area contributed by atoms with Crippen LogP contribution in [0, 0.1) is 11.3 Å². The maximum absolute atomic E-state index is 11.7. The molecule has 5 aromatic rings. The number of piperazine rings is 1. The van der Waals surface area contributed by atoms with E-state index in [0.29, 0.717) is 25.2 Å². The lowest BCUT2D eigenvalue weighted by molar-refractivity contribution is -0.129. The minimum absolute atomic E-state index is 0.108. The van der Waals surface area contributed by atoms with Gasteiger partial charge in [0.05, 0.1) is 30.0 Å². The highest BCUT2D eigenvalue weighted by molar-refractivity contribution is 5.87. The van der Waals surface area contributed by atoms with Crippen LogP contribution in [0.25, 0.3) is 27.8 Å². The molecule has 188 valence electrons. The van der Waals surface area contributed by atoms with Crippen molar-refractivity contribution in [3.05, 3.63) is 90.6 Å². The number of hydrogen-bond donors (Lipinski definition) is 0. The molecule has 0 radical (unpaired) electrons. The summed E-state index contributed by atoms with van der Waals surface area (Å²) in [5.41, 5.74) is 6.13. The second-order valence-electron chi connectivity index (χ2n) is 9.42. The lowest BCUT2D eigenvalue weighted by Crippen LogP contribution is -2.48. The molecule has 4 aromatic heterocycles. The Hall–Kier alpha value is -4.97. The lowest BCUT2D eigenvalue weighted by atomic mass is 10.0. The highest BCUT2D eigenvalue weighted by atomic mass is 16.2. The Kier molecular flexibility index (Phi) is 6.06. The van der Waals surface area contributed by atoms with Crippen LogP contribution in [0.1, 0.15) is 18.1 Å². The SMILES string of the molecule is CC(=O)N1CCN(c2ccc(-c3cc(-c4cnn(Cc5ccccc5)c4)cn4ncc(C#N)c34)cn2)CC1. The quantitative estimate of drug-likeness (QED) is 0.362. The number of carbonyl (C=O) groups excluding carboxylic acids is 1. The van der Waals surface area contributed by atoms with E-state index in [4.69, 9.17) is 4.98 Å². The molecule has 9 heteroatoms. The molecule has 1 amide bonds. The van der Waals surface area contributed by atoms with Crippen LogP contribution in [-0.4, -0.2) is 61.4 Å². The molecule has 0 aliphatic carbocycles. The maximum Gasteiger partial charge on any atom is 0.219 e. The Labute approximate surface area is 220 Å². The smallest absolute Gasteiger partial charge is 0.219 e. The zero-order chi connectivity index (χ0) is 26.1. The molecule has 5 heterocycles. The number of nitriles is 1. The fourth-order valence-electron chi connectivity index (χ4n) is 4.93. The van der Waals surface area contributed by atoms with Crippen molar-refractivity contribution in [2.75, 3.05) is 31.1 Å². The van der Waals surface area contributed by atoms with Gasteiger partial charge < -0.3 is 9.80 Å². The number of pyridine rings is 2. The largest absolute Gasteiger partial charge is 0.353 e. The molecule has 0 bridgehead atoms. The molecule has 1 fully saturated rings. The number of nitrogens with zero attached hydrogens (tertiary/aromatic N) is 8. The highest BCUT2D eigenvalue weighted by Crippen LogP contribution is 2.32. The van der Waals surface area contributed by atoms with E-state index in [1.807, 2.05) is 64.7 Å². The third-order valence-corrected chi connectivity index (χ3v) is 6.99. The topological polar surface area (TPSA) is 95.4 Å². The van der Waals surface area contributed by atoms with E-state index in [-0.39, 0.29) is 5.91 Å². The molecule has 0 spiro atoms. The van der Waals surface area contributed by atoms with Gasteiger partial charge in [0, 0.05) is 73.9 Å². The molecular weight excluding hydrogens is 476 g/mol. The summed E-state index contributed by atoms with van der Waals surface area (Å²) < 4.78 is 3.67. The third kappa shape index (κ3) is 4.48. The summed E-state index contributed by atoms with van der Waals surface area (Å²) in [5.74, 6) is 0.983. The predicted octanol–water partition coefficient (Wildman–Crippen LogP) is 3.85. The number of aromatic nitrogens is 5. The van der Waals surface area contributed by atoms with Crippen molar-refractivity contribution in [3.63, 3.8) is 0 Å². The van der Waals surface area contributed by atoms with Crippen molar-refractivity contribution in [3.8, 4) is 28.3 Å². The Bertz CT molecular complexity index is 1640. The molecule has 1 saturated heterocycles. The van der Waals surface area contributed by atoms with Gasteiger partial charge in [-0.3, -0.25) is 9.48 Å². The number of anilines is 1. The fourth-order valence-corrected chi connectivity index (χ4v) is 4.93. The first kappa shape index (κ1) is 23.4. The van der Waals surface area contributed by atoms with Crippen molar-refractivity contribution in [1.82, 2.24) is 29.3 Å². The van der Waals surface area contributed by atoms with Gasteiger partial charge in [-0.1, -0.05) is 30.3 Å². The number of amides is 1. The number of hydrogen-bond acceptors (Lipinski definition) is 6. The predicted molar refractivity (Wildman–Crippen MR) is 144 cm³/mol. The average molecular weight is 503 g/mol. The number of carbonyl (C=O) groups is 1. The molecule has 0 atom stereocenters. The summed E-state index contributed by atoms with van der Waals surface area (Å²) in [4.78, 5) is 20.4.